The molecule has 0 saturated carbocycles. The van der Waals surface area contributed by atoms with E-state index in [0.717, 1.165) is 12.1 Å². The fourth-order valence-corrected chi connectivity index (χ4v) is 4.89. The molecule has 4 heterocycles. The lowest BCUT2D eigenvalue weighted by Crippen LogP contribution is -2.45. The Hall–Kier alpha value is -0.160. The maximum atomic E-state index is 3.62. The first kappa shape index (κ1) is 19.6. The fourth-order valence-electron chi connectivity index (χ4n) is 4.89. The molecule has 0 aliphatic carbocycles. The molecular formula is C21H42N4. The maximum Gasteiger partial charge on any atom is 0.0195 e. The largest absolute Gasteiger partial charge is 0.313 e. The molecule has 0 aromatic carbocycles. The van der Waals surface area contributed by atoms with Crippen LogP contribution in [0.5, 0.6) is 0 Å². The van der Waals surface area contributed by atoms with Crippen LogP contribution in [0.4, 0.5) is 0 Å². The van der Waals surface area contributed by atoms with Gasteiger partial charge in [0.1, 0.15) is 0 Å². The highest BCUT2D eigenvalue weighted by Gasteiger charge is 2.19. The highest BCUT2D eigenvalue weighted by atomic mass is 15.2. The van der Waals surface area contributed by atoms with Crippen molar-refractivity contribution in [2.45, 2.75) is 82.7 Å². The van der Waals surface area contributed by atoms with Crippen LogP contribution in [-0.2, 0) is 0 Å². The van der Waals surface area contributed by atoms with Gasteiger partial charge in [-0.1, -0.05) is 19.3 Å². The van der Waals surface area contributed by atoms with Crippen LogP contribution in [-0.4, -0.2) is 74.2 Å². The first-order chi connectivity index (χ1) is 12.4. The quantitative estimate of drug-likeness (QED) is 0.816. The summed E-state index contributed by atoms with van der Waals surface area (Å²) in [6.45, 7) is 10.5. The molecule has 4 rings (SSSR count). The molecule has 2 N–H and O–H groups in total. The molecule has 0 spiro atoms. The zero-order valence-electron chi connectivity index (χ0n) is 16.5. The van der Waals surface area contributed by atoms with Crippen LogP contribution >= 0.6 is 0 Å². The molecule has 0 radical (unpaired) electrons. The summed E-state index contributed by atoms with van der Waals surface area (Å²) in [7, 11) is 0. The van der Waals surface area contributed by atoms with Gasteiger partial charge in [0.2, 0.25) is 0 Å². The van der Waals surface area contributed by atoms with E-state index in [1.54, 1.807) is 0 Å². The predicted octanol–water partition coefficient (Wildman–Crippen LogP) is 2.84. The van der Waals surface area contributed by atoms with Crippen molar-refractivity contribution in [1.29, 1.82) is 0 Å². The Morgan fingerprint density at radius 2 is 0.960 bits per heavy atom. The van der Waals surface area contributed by atoms with Crippen molar-refractivity contribution in [3.05, 3.63) is 0 Å². The molecule has 25 heavy (non-hydrogen) atoms. The van der Waals surface area contributed by atoms with E-state index in [1.807, 2.05) is 0 Å². The van der Waals surface area contributed by atoms with Crippen molar-refractivity contribution in [1.82, 2.24) is 20.4 Å². The van der Waals surface area contributed by atoms with E-state index in [1.165, 1.54) is 123 Å². The second kappa shape index (κ2) is 11.5. The molecular weight excluding hydrogens is 308 g/mol. The Bertz CT molecular complexity index is 309. The number of hydrogen-bond donors (Lipinski definition) is 2. The standard InChI is InChI=1S/C11H22N2.C10H20N2/c1-4-8-13(9-5-1)10-11-6-2-3-7-12-11;1-2-6-11-10(5-1)9-12-7-3-4-8-12/h11-12H,1-10H2;10-11H,1-9H2/t;10-/m.0/s1. The molecule has 0 amide bonds. The molecule has 1 unspecified atom stereocenters. The van der Waals surface area contributed by atoms with E-state index in [0.29, 0.717) is 0 Å². The van der Waals surface area contributed by atoms with Crippen LogP contribution in [0.2, 0.25) is 0 Å². The highest BCUT2D eigenvalue weighted by Crippen LogP contribution is 2.14. The van der Waals surface area contributed by atoms with E-state index in [9.17, 15) is 0 Å². The molecule has 0 bridgehead atoms. The molecule has 4 saturated heterocycles. The van der Waals surface area contributed by atoms with Gasteiger partial charge in [-0.05, 0) is 90.6 Å². The lowest BCUT2D eigenvalue weighted by atomic mass is 10.0. The van der Waals surface area contributed by atoms with Gasteiger partial charge in [0.05, 0.1) is 0 Å². The van der Waals surface area contributed by atoms with Gasteiger partial charge in [-0.25, -0.2) is 0 Å². The van der Waals surface area contributed by atoms with Crippen LogP contribution in [0.25, 0.3) is 0 Å². The van der Waals surface area contributed by atoms with E-state index in [-0.39, 0.29) is 0 Å². The van der Waals surface area contributed by atoms with Gasteiger partial charge in [0.25, 0.3) is 0 Å². The minimum absolute atomic E-state index is 0.798. The van der Waals surface area contributed by atoms with E-state index in [2.05, 4.69) is 20.4 Å². The molecule has 146 valence electrons. The average molecular weight is 351 g/mol. The summed E-state index contributed by atoms with van der Waals surface area (Å²) >= 11 is 0. The van der Waals surface area contributed by atoms with Crippen molar-refractivity contribution in [3.8, 4) is 0 Å². The van der Waals surface area contributed by atoms with Crippen molar-refractivity contribution >= 4 is 0 Å². The van der Waals surface area contributed by atoms with Crippen LogP contribution in [0.3, 0.4) is 0 Å². The minimum Gasteiger partial charge on any atom is -0.313 e. The molecule has 4 fully saturated rings. The van der Waals surface area contributed by atoms with Crippen molar-refractivity contribution < 1.29 is 0 Å². The number of likely N-dealkylation sites (tertiary alicyclic amines) is 2. The Balaban J connectivity index is 0.000000146. The van der Waals surface area contributed by atoms with E-state index in [4.69, 9.17) is 0 Å². The molecule has 4 nitrogen and oxygen atoms in total. The van der Waals surface area contributed by atoms with Crippen LogP contribution in [0.15, 0.2) is 0 Å². The second-order valence-electron chi connectivity index (χ2n) is 8.66. The van der Waals surface area contributed by atoms with Gasteiger partial charge in [-0.2, -0.15) is 0 Å². The van der Waals surface area contributed by atoms with Crippen molar-refractivity contribution in [2.24, 2.45) is 0 Å². The Morgan fingerprint density at radius 3 is 1.36 bits per heavy atom. The molecule has 4 aliphatic rings. The van der Waals surface area contributed by atoms with Crippen molar-refractivity contribution in [2.75, 3.05) is 52.4 Å². The SMILES string of the molecule is C1CCN(CC2CCCCN2)CC1.C1CC[C@@H](CN2CCCC2)NC1. The third kappa shape index (κ3) is 7.54. The summed E-state index contributed by atoms with van der Waals surface area (Å²) in [6, 6.07) is 1.60. The van der Waals surface area contributed by atoms with Crippen LogP contribution in [0, 0.1) is 0 Å². The number of nitrogens with zero attached hydrogens (tertiary/aromatic N) is 2. The fraction of sp³-hybridized carbons (Fsp3) is 1.00. The second-order valence-corrected chi connectivity index (χ2v) is 8.66. The average Bonchev–Trinajstić information content (AvgIpc) is 3.18. The summed E-state index contributed by atoms with van der Waals surface area (Å²) in [5.41, 5.74) is 0. The summed E-state index contributed by atoms with van der Waals surface area (Å²) in [6.07, 6.45) is 15.6. The van der Waals surface area contributed by atoms with Gasteiger partial charge >= 0.3 is 0 Å². The van der Waals surface area contributed by atoms with Crippen molar-refractivity contribution in [3.63, 3.8) is 0 Å². The van der Waals surface area contributed by atoms with Crippen LogP contribution < -0.4 is 10.6 Å². The van der Waals surface area contributed by atoms with E-state index < -0.39 is 0 Å². The topological polar surface area (TPSA) is 30.5 Å². The first-order valence-corrected chi connectivity index (χ1v) is 11.3. The van der Waals surface area contributed by atoms with Crippen LogP contribution in [0.1, 0.15) is 70.6 Å². The van der Waals surface area contributed by atoms with Gasteiger partial charge in [-0.3, -0.25) is 0 Å². The number of hydrogen-bond acceptors (Lipinski definition) is 4. The van der Waals surface area contributed by atoms with Gasteiger partial charge < -0.3 is 20.4 Å². The van der Waals surface area contributed by atoms with E-state index >= 15 is 0 Å². The molecule has 0 aromatic rings. The third-order valence-electron chi connectivity index (χ3n) is 6.43. The molecule has 0 aromatic heterocycles. The third-order valence-corrected chi connectivity index (χ3v) is 6.43. The minimum atomic E-state index is 0.798. The lowest BCUT2D eigenvalue weighted by molar-refractivity contribution is 0.193. The summed E-state index contributed by atoms with van der Waals surface area (Å²) in [5, 5.41) is 7.23. The number of nitrogens with one attached hydrogen (secondary N) is 2. The van der Waals surface area contributed by atoms with Gasteiger partial charge in [0, 0.05) is 25.2 Å². The van der Waals surface area contributed by atoms with Gasteiger partial charge in [-0.15, -0.1) is 0 Å². The summed E-state index contributed by atoms with van der Waals surface area (Å²) in [4.78, 5) is 5.26. The molecule has 2 atom stereocenters. The summed E-state index contributed by atoms with van der Waals surface area (Å²) in [5.74, 6) is 0. The monoisotopic (exact) mass is 350 g/mol. The normalized spacial score (nSPS) is 32.2. The molecule has 4 heteroatoms. The Morgan fingerprint density at radius 1 is 0.520 bits per heavy atom. The smallest absolute Gasteiger partial charge is 0.0195 e. The zero-order chi connectivity index (χ0) is 17.2. The van der Waals surface area contributed by atoms with Gasteiger partial charge in [0.15, 0.2) is 0 Å². The summed E-state index contributed by atoms with van der Waals surface area (Å²) < 4.78 is 0. The predicted molar refractivity (Wildman–Crippen MR) is 107 cm³/mol. The number of rotatable bonds is 4. The zero-order valence-corrected chi connectivity index (χ0v) is 16.5. The number of piperidine rings is 3. The molecule has 4 aliphatic heterocycles. The maximum absolute atomic E-state index is 3.62. The first-order valence-electron chi connectivity index (χ1n) is 11.3. The Labute approximate surface area is 156 Å². The Kier molecular flexibility index (Phi) is 9.04. The lowest BCUT2D eigenvalue weighted by Gasteiger charge is -2.32. The highest BCUT2D eigenvalue weighted by molar-refractivity contribution is 4.78.